The number of hydrogen-bond acceptors (Lipinski definition) is 4. The van der Waals surface area contributed by atoms with Crippen molar-refractivity contribution in [3.63, 3.8) is 0 Å². The molecule has 1 atom stereocenters. The molecule has 1 saturated carbocycles. The predicted octanol–water partition coefficient (Wildman–Crippen LogP) is 5.84. The molecule has 0 saturated heterocycles. The molecule has 3 aromatic rings. The number of nitrogens with one attached hydrogen (secondary N) is 1. The van der Waals surface area contributed by atoms with E-state index in [9.17, 15) is 27.9 Å². The fourth-order valence-electron chi connectivity index (χ4n) is 5.21. The predicted molar refractivity (Wildman–Crippen MR) is 140 cm³/mol. The minimum atomic E-state index is -4.78. The second-order valence-electron chi connectivity index (χ2n) is 9.91. The summed E-state index contributed by atoms with van der Waals surface area (Å²) in [5.74, 6) is -1.75. The zero-order valence-corrected chi connectivity index (χ0v) is 21.1. The van der Waals surface area contributed by atoms with E-state index < -0.39 is 40.6 Å². The highest BCUT2D eigenvalue weighted by Gasteiger charge is 2.44. The normalized spacial score (nSPS) is 15.7. The second-order valence-corrected chi connectivity index (χ2v) is 9.91. The maximum Gasteiger partial charge on any atom is 0.417 e. The van der Waals surface area contributed by atoms with Gasteiger partial charge in [-0.05, 0) is 65.8 Å². The number of amides is 2. The lowest BCUT2D eigenvalue weighted by Crippen LogP contribution is -2.51. The number of carbonyl (C=O) groups excluding carboxylic acids is 2. The molecule has 0 heterocycles. The Hall–Kier alpha value is -4.16. The average Bonchev–Trinajstić information content (AvgIpc) is 2.93. The highest BCUT2D eigenvalue weighted by atomic mass is 19.4. The fraction of sp³-hybridized carbons (Fsp3) is 0.300. The van der Waals surface area contributed by atoms with Crippen LogP contribution in [0.2, 0.25) is 0 Å². The van der Waals surface area contributed by atoms with Crippen molar-refractivity contribution in [1.29, 1.82) is 5.26 Å². The lowest BCUT2D eigenvalue weighted by Gasteiger charge is -2.37. The van der Waals surface area contributed by atoms with Gasteiger partial charge in [-0.3, -0.25) is 9.59 Å². The number of nitrogens with two attached hydrogens (primary N) is 1. The molecule has 0 aromatic heterocycles. The third kappa shape index (κ3) is 6.29. The molecule has 202 valence electrons. The highest BCUT2D eigenvalue weighted by molar-refractivity contribution is 5.98. The molecule has 1 aliphatic rings. The Morgan fingerprint density at radius 2 is 1.64 bits per heavy atom. The van der Waals surface area contributed by atoms with Crippen LogP contribution in [-0.4, -0.2) is 22.5 Å². The van der Waals surface area contributed by atoms with Crippen LogP contribution in [-0.2, 0) is 17.4 Å². The van der Waals surface area contributed by atoms with Gasteiger partial charge in [0.2, 0.25) is 5.91 Å². The molecule has 0 aliphatic heterocycles. The smallest absolute Gasteiger partial charge is 0.379 e. The summed E-state index contributed by atoms with van der Waals surface area (Å²) in [6.45, 7) is 0. The van der Waals surface area contributed by atoms with Crippen molar-refractivity contribution in [2.45, 2.75) is 50.3 Å². The topological polar surface area (TPSA) is 116 Å². The van der Waals surface area contributed by atoms with E-state index in [-0.39, 0.29) is 12.1 Å². The Kier molecular flexibility index (Phi) is 8.07. The summed E-state index contributed by atoms with van der Waals surface area (Å²) in [7, 11) is 0. The van der Waals surface area contributed by atoms with E-state index in [1.54, 1.807) is 30.3 Å². The molecule has 1 unspecified atom stereocenters. The Labute approximate surface area is 224 Å². The van der Waals surface area contributed by atoms with E-state index >= 15 is 0 Å². The second kappa shape index (κ2) is 11.3. The van der Waals surface area contributed by atoms with Crippen LogP contribution in [0.25, 0.3) is 11.1 Å². The number of aliphatic hydroxyl groups is 1. The number of halogens is 3. The lowest BCUT2D eigenvalue weighted by atomic mass is 9.73. The van der Waals surface area contributed by atoms with Crippen molar-refractivity contribution in [1.82, 2.24) is 0 Å². The number of primary amides is 1. The van der Waals surface area contributed by atoms with Crippen molar-refractivity contribution in [3.05, 3.63) is 89.0 Å². The van der Waals surface area contributed by atoms with Gasteiger partial charge >= 0.3 is 6.18 Å². The first kappa shape index (κ1) is 27.9. The molecule has 9 heteroatoms. The molecule has 0 bridgehead atoms. The number of hydrogen-bond donors (Lipinski definition) is 3. The van der Waals surface area contributed by atoms with Crippen LogP contribution in [0.4, 0.5) is 18.9 Å². The highest BCUT2D eigenvalue weighted by Crippen LogP contribution is 2.38. The summed E-state index contributed by atoms with van der Waals surface area (Å²) in [6.07, 6.45) is -1.00. The third-order valence-electron chi connectivity index (χ3n) is 7.26. The number of nitriles is 1. The van der Waals surface area contributed by atoms with Crippen LogP contribution >= 0.6 is 0 Å². The number of carbonyl (C=O) groups is 2. The van der Waals surface area contributed by atoms with Crippen LogP contribution in [0.3, 0.4) is 0 Å². The van der Waals surface area contributed by atoms with Gasteiger partial charge in [-0.2, -0.15) is 18.4 Å². The summed E-state index contributed by atoms with van der Waals surface area (Å²) in [6, 6.07) is 18.4. The number of alkyl halides is 3. The van der Waals surface area contributed by atoms with Gasteiger partial charge in [-0.1, -0.05) is 55.7 Å². The first-order valence-corrected chi connectivity index (χ1v) is 12.7. The minimum Gasteiger partial charge on any atom is -0.379 e. The van der Waals surface area contributed by atoms with Crippen LogP contribution < -0.4 is 11.1 Å². The zero-order valence-electron chi connectivity index (χ0n) is 21.1. The van der Waals surface area contributed by atoms with Crippen LogP contribution in [0.15, 0.2) is 66.7 Å². The molecular weight excluding hydrogens is 507 g/mol. The monoisotopic (exact) mass is 535 g/mol. The first-order chi connectivity index (χ1) is 18.5. The molecule has 1 aliphatic carbocycles. The molecule has 0 spiro atoms. The van der Waals surface area contributed by atoms with Crippen molar-refractivity contribution < 1.29 is 27.9 Å². The largest absolute Gasteiger partial charge is 0.417 e. The van der Waals surface area contributed by atoms with E-state index in [1.165, 1.54) is 12.1 Å². The van der Waals surface area contributed by atoms with Crippen LogP contribution in [0, 0.1) is 17.2 Å². The Bertz CT molecular complexity index is 1420. The van der Waals surface area contributed by atoms with Crippen molar-refractivity contribution in [2.24, 2.45) is 11.7 Å². The van der Waals surface area contributed by atoms with Gasteiger partial charge in [0.25, 0.3) is 5.91 Å². The fourth-order valence-corrected chi connectivity index (χ4v) is 5.21. The molecule has 1 fully saturated rings. The lowest BCUT2D eigenvalue weighted by molar-refractivity contribution is -0.142. The van der Waals surface area contributed by atoms with Crippen molar-refractivity contribution in [3.8, 4) is 17.2 Å². The SMILES string of the molecule is N#Cc1ccc(NC(=O)C(O)(Cc2cccc(-c3cccc(C(N)=O)c3)c2)C2CCCCC2)cc1C(F)(F)F. The molecule has 4 rings (SSSR count). The molecule has 0 radical (unpaired) electrons. The molecule has 4 N–H and O–H groups in total. The summed E-state index contributed by atoms with van der Waals surface area (Å²) in [4.78, 5) is 25.2. The molecule has 3 aromatic carbocycles. The van der Waals surface area contributed by atoms with Gasteiger partial charge in [0.15, 0.2) is 0 Å². The zero-order chi connectivity index (χ0) is 28.2. The minimum absolute atomic E-state index is 0.0603. The maximum absolute atomic E-state index is 13.6. The Morgan fingerprint density at radius 1 is 0.974 bits per heavy atom. The van der Waals surface area contributed by atoms with Crippen molar-refractivity contribution in [2.75, 3.05) is 5.32 Å². The number of rotatable bonds is 7. The summed E-state index contributed by atoms with van der Waals surface area (Å²) >= 11 is 0. The standard InChI is InChI=1S/C30H28F3N3O3/c31-30(32,33)26-16-25(13-12-23(26)18-34)36-28(38)29(39,24-10-2-1-3-11-24)17-19-6-4-7-20(14-19)21-8-5-9-22(15-21)27(35)37/h4-9,12-16,24,39H,1-3,10-11,17H2,(H2,35,37)(H,36,38). The number of benzene rings is 3. The molecule has 2 amide bonds. The van der Waals surface area contributed by atoms with E-state index in [0.29, 0.717) is 30.0 Å². The average molecular weight is 536 g/mol. The third-order valence-corrected chi connectivity index (χ3v) is 7.26. The van der Waals surface area contributed by atoms with Gasteiger partial charge in [0.1, 0.15) is 5.60 Å². The molecule has 39 heavy (non-hydrogen) atoms. The number of nitrogens with zero attached hydrogens (tertiary/aromatic N) is 1. The maximum atomic E-state index is 13.6. The quantitative estimate of drug-likeness (QED) is 0.353. The summed E-state index contributed by atoms with van der Waals surface area (Å²) < 4.78 is 40.4. The first-order valence-electron chi connectivity index (χ1n) is 12.7. The molecular formula is C30H28F3N3O3. The van der Waals surface area contributed by atoms with E-state index in [4.69, 9.17) is 11.0 Å². The van der Waals surface area contributed by atoms with Gasteiger partial charge in [-0.25, -0.2) is 0 Å². The number of anilines is 1. The Balaban J connectivity index is 1.66. The van der Waals surface area contributed by atoms with E-state index in [0.717, 1.165) is 36.5 Å². The molecule has 6 nitrogen and oxygen atoms in total. The van der Waals surface area contributed by atoms with Crippen LogP contribution in [0.1, 0.15) is 59.2 Å². The summed E-state index contributed by atoms with van der Waals surface area (Å²) in [5, 5.41) is 23.4. The van der Waals surface area contributed by atoms with Gasteiger partial charge in [-0.15, -0.1) is 0 Å². The Morgan fingerprint density at radius 3 is 2.28 bits per heavy atom. The van der Waals surface area contributed by atoms with Gasteiger partial charge in [0, 0.05) is 17.7 Å². The van der Waals surface area contributed by atoms with Gasteiger partial charge < -0.3 is 16.2 Å². The van der Waals surface area contributed by atoms with Crippen molar-refractivity contribution >= 4 is 17.5 Å². The van der Waals surface area contributed by atoms with Crippen LogP contribution in [0.5, 0.6) is 0 Å². The van der Waals surface area contributed by atoms with E-state index in [1.807, 2.05) is 18.2 Å². The van der Waals surface area contributed by atoms with Gasteiger partial charge in [0.05, 0.1) is 17.2 Å². The summed E-state index contributed by atoms with van der Waals surface area (Å²) in [5.41, 5.74) is 4.13. The van der Waals surface area contributed by atoms with E-state index in [2.05, 4.69) is 5.32 Å².